The van der Waals surface area contributed by atoms with E-state index in [0.29, 0.717) is 28.4 Å². The molecule has 0 aliphatic carbocycles. The Hall–Kier alpha value is -1.64. The number of hydrogen-bond acceptors (Lipinski definition) is 4. The summed E-state index contributed by atoms with van der Waals surface area (Å²) in [6, 6.07) is 12.2. The van der Waals surface area contributed by atoms with Gasteiger partial charge in [0.15, 0.2) is 0 Å². The number of carbonyl (C=O) groups is 1. The number of halogens is 1. The summed E-state index contributed by atoms with van der Waals surface area (Å²) in [5.74, 6) is -0.0661. The fourth-order valence-electron chi connectivity index (χ4n) is 3.05. The van der Waals surface area contributed by atoms with Crippen LogP contribution in [0.15, 0.2) is 48.7 Å². The van der Waals surface area contributed by atoms with Crippen molar-refractivity contribution in [3.05, 3.63) is 81.9 Å². The fraction of sp³-hybridized carbons (Fsp3) is 0.200. The summed E-state index contributed by atoms with van der Waals surface area (Å²) < 4.78 is 26.8. The van der Waals surface area contributed by atoms with Crippen molar-refractivity contribution in [1.82, 2.24) is 9.55 Å². The van der Waals surface area contributed by atoms with Crippen molar-refractivity contribution in [3.63, 3.8) is 0 Å². The first-order valence-electron chi connectivity index (χ1n) is 8.52. The molecule has 1 aromatic carbocycles. The molecule has 0 unspecified atom stereocenters. The van der Waals surface area contributed by atoms with Crippen LogP contribution in [0.2, 0.25) is 5.02 Å². The van der Waals surface area contributed by atoms with Crippen LogP contribution < -0.4 is 34.3 Å². The summed E-state index contributed by atoms with van der Waals surface area (Å²) in [6.07, 6.45) is 3.09. The molecule has 0 bridgehead atoms. The van der Waals surface area contributed by atoms with E-state index in [-0.39, 0.29) is 36.8 Å². The molecular weight excluding hydrogens is 421 g/mol. The third-order valence-electron chi connectivity index (χ3n) is 4.33. The van der Waals surface area contributed by atoms with Crippen LogP contribution in [0, 0.1) is 6.92 Å². The first kappa shape index (κ1) is 23.6. The minimum Gasteiger partial charge on any atom is -1.00 e. The monoisotopic (exact) mass is 441 g/mol. The number of rotatable bonds is 6. The van der Waals surface area contributed by atoms with Crippen LogP contribution in [0.1, 0.15) is 34.4 Å². The smallest absolute Gasteiger partial charge is 1.00 e. The quantitative estimate of drug-likeness (QED) is 0.451. The number of benzene rings is 1. The molecule has 0 amide bonds. The van der Waals surface area contributed by atoms with Gasteiger partial charge in [-0.05, 0) is 55.0 Å². The summed E-state index contributed by atoms with van der Waals surface area (Å²) in [6.45, 7) is 1.90. The Kier molecular flexibility index (Phi) is 7.70. The summed E-state index contributed by atoms with van der Waals surface area (Å²) in [4.78, 5) is 17.2. The Morgan fingerprint density at radius 3 is 2.41 bits per heavy atom. The number of ketones is 1. The SMILES string of the molecule is Cc1cc(Cc2ccc(NS(C)(=O)=O)cn2)n(C)c1C(=O)c1ccc(Cl)cc1.[H-].[Na+]. The number of anilines is 1. The Morgan fingerprint density at radius 2 is 1.86 bits per heavy atom. The normalized spacial score (nSPS) is 11.0. The first-order chi connectivity index (χ1) is 13.1. The summed E-state index contributed by atoms with van der Waals surface area (Å²) in [5, 5.41) is 0.584. The van der Waals surface area contributed by atoms with Crippen molar-refractivity contribution < 1.29 is 44.2 Å². The molecule has 0 fully saturated rings. The van der Waals surface area contributed by atoms with Crippen molar-refractivity contribution in [3.8, 4) is 0 Å². The van der Waals surface area contributed by atoms with Gasteiger partial charge in [0, 0.05) is 35.4 Å². The second-order valence-electron chi connectivity index (χ2n) is 6.65. The van der Waals surface area contributed by atoms with E-state index in [1.54, 1.807) is 36.4 Å². The fourth-order valence-corrected chi connectivity index (χ4v) is 3.73. The van der Waals surface area contributed by atoms with E-state index < -0.39 is 10.0 Å². The van der Waals surface area contributed by atoms with E-state index in [1.165, 1.54) is 6.20 Å². The van der Waals surface area contributed by atoms with E-state index in [4.69, 9.17) is 11.6 Å². The standard InChI is InChI=1S/C20H20ClN3O3S.Na.H/c1-13-10-18(11-16-8-9-17(12-22-16)23-28(3,26)27)24(2)19(13)20(25)14-4-6-15(21)7-5-14;;/h4-10,12,23H,11H2,1-3H3;;/q;+1;-1. The van der Waals surface area contributed by atoms with E-state index in [2.05, 4.69) is 9.71 Å². The predicted molar refractivity (Wildman–Crippen MR) is 112 cm³/mol. The zero-order valence-corrected chi connectivity index (χ0v) is 20.3. The molecule has 29 heavy (non-hydrogen) atoms. The molecule has 0 aliphatic heterocycles. The third-order valence-corrected chi connectivity index (χ3v) is 5.19. The summed E-state index contributed by atoms with van der Waals surface area (Å²) >= 11 is 5.90. The number of sulfonamides is 1. The van der Waals surface area contributed by atoms with Crippen LogP contribution in [-0.2, 0) is 23.5 Å². The molecular formula is C20H21ClN3NaO3S. The van der Waals surface area contributed by atoms with Gasteiger partial charge in [0.25, 0.3) is 0 Å². The molecule has 6 nitrogen and oxygen atoms in total. The number of hydrogen-bond donors (Lipinski definition) is 1. The van der Waals surface area contributed by atoms with Crippen molar-refractivity contribution in [2.24, 2.45) is 7.05 Å². The van der Waals surface area contributed by atoms with E-state index in [0.717, 1.165) is 23.2 Å². The van der Waals surface area contributed by atoms with E-state index in [1.807, 2.05) is 24.6 Å². The van der Waals surface area contributed by atoms with Crippen LogP contribution in [0.3, 0.4) is 0 Å². The Morgan fingerprint density at radius 1 is 1.21 bits per heavy atom. The molecule has 0 spiro atoms. The van der Waals surface area contributed by atoms with Gasteiger partial charge in [-0.15, -0.1) is 0 Å². The molecule has 0 saturated carbocycles. The molecule has 1 N–H and O–H groups in total. The van der Waals surface area contributed by atoms with E-state index in [9.17, 15) is 13.2 Å². The number of aromatic nitrogens is 2. The number of nitrogens with zero attached hydrogens (tertiary/aromatic N) is 2. The van der Waals surface area contributed by atoms with Crippen molar-refractivity contribution >= 4 is 33.1 Å². The molecule has 148 valence electrons. The van der Waals surface area contributed by atoms with Crippen LogP contribution >= 0.6 is 11.6 Å². The van der Waals surface area contributed by atoms with Gasteiger partial charge >= 0.3 is 29.6 Å². The molecule has 0 saturated heterocycles. The van der Waals surface area contributed by atoms with Gasteiger partial charge in [0.2, 0.25) is 15.8 Å². The maximum Gasteiger partial charge on any atom is 1.00 e. The third kappa shape index (κ3) is 5.93. The molecule has 0 aliphatic rings. The topological polar surface area (TPSA) is 81.1 Å². The second-order valence-corrected chi connectivity index (χ2v) is 8.84. The van der Waals surface area contributed by atoms with Crippen molar-refractivity contribution in [1.29, 1.82) is 0 Å². The molecule has 0 radical (unpaired) electrons. The summed E-state index contributed by atoms with van der Waals surface area (Å²) in [7, 11) is -1.48. The van der Waals surface area contributed by atoms with Crippen LogP contribution in [0.5, 0.6) is 0 Å². The molecule has 3 aromatic rings. The first-order valence-corrected chi connectivity index (χ1v) is 10.8. The zero-order valence-electron chi connectivity index (χ0n) is 17.7. The van der Waals surface area contributed by atoms with Crippen molar-refractivity contribution in [2.45, 2.75) is 13.3 Å². The second kappa shape index (κ2) is 9.45. The molecule has 9 heteroatoms. The Balaban J connectivity index is 0.00000225. The number of nitrogens with one attached hydrogen (secondary N) is 1. The van der Waals surface area contributed by atoms with Gasteiger partial charge in [-0.3, -0.25) is 14.5 Å². The minimum atomic E-state index is -3.34. The minimum absolute atomic E-state index is 0. The number of pyridine rings is 1. The van der Waals surface area contributed by atoms with Gasteiger partial charge < -0.3 is 5.99 Å². The number of aryl methyl sites for hydroxylation is 1. The predicted octanol–water partition coefficient (Wildman–Crippen LogP) is 0.692. The maximum absolute atomic E-state index is 12.9. The molecule has 2 heterocycles. The molecule has 3 rings (SSSR count). The van der Waals surface area contributed by atoms with Gasteiger partial charge in [0.05, 0.1) is 23.8 Å². The zero-order chi connectivity index (χ0) is 20.5. The largest absolute Gasteiger partial charge is 1.00 e. The van der Waals surface area contributed by atoms with Gasteiger partial charge in [-0.2, -0.15) is 0 Å². The van der Waals surface area contributed by atoms with E-state index >= 15 is 0 Å². The van der Waals surface area contributed by atoms with Gasteiger partial charge in [-0.25, -0.2) is 8.42 Å². The van der Waals surface area contributed by atoms with Crippen LogP contribution in [0.25, 0.3) is 0 Å². The van der Waals surface area contributed by atoms with Crippen molar-refractivity contribution in [2.75, 3.05) is 11.0 Å². The Labute approximate surface area is 199 Å². The van der Waals surface area contributed by atoms with Crippen LogP contribution in [0.4, 0.5) is 5.69 Å². The number of carbonyl (C=O) groups excluding carboxylic acids is 1. The summed E-state index contributed by atoms with van der Waals surface area (Å²) in [5.41, 5.74) is 4.19. The van der Waals surface area contributed by atoms with Gasteiger partial charge in [-0.1, -0.05) is 11.6 Å². The molecule has 2 aromatic heterocycles. The average Bonchev–Trinajstić information content (AvgIpc) is 2.89. The van der Waals surface area contributed by atoms with Gasteiger partial charge in [0.1, 0.15) is 0 Å². The average molecular weight is 442 g/mol. The maximum atomic E-state index is 12.9. The Bertz CT molecular complexity index is 1130. The van der Waals surface area contributed by atoms with Crippen LogP contribution in [-0.4, -0.2) is 30.0 Å². The molecule has 0 atom stereocenters.